The summed E-state index contributed by atoms with van der Waals surface area (Å²) in [5.41, 5.74) is 1.79. The van der Waals surface area contributed by atoms with Gasteiger partial charge >= 0.3 is 0 Å². The quantitative estimate of drug-likeness (QED) is 0.578. The molecule has 1 rings (SSSR count). The van der Waals surface area contributed by atoms with Crippen LogP contribution in [0.5, 0.6) is 0 Å². The molecule has 0 radical (unpaired) electrons. The minimum Gasteiger partial charge on any atom is -0.388 e. The maximum Gasteiger partial charge on any atom is 0.147 e. The second-order valence-electron chi connectivity index (χ2n) is 5.03. The number of ether oxygens (including phenoxy) is 2. The van der Waals surface area contributed by atoms with Crippen LogP contribution in [0.15, 0.2) is 42.5 Å². The van der Waals surface area contributed by atoms with Crippen LogP contribution in [0.3, 0.4) is 0 Å². The van der Waals surface area contributed by atoms with Gasteiger partial charge in [-0.1, -0.05) is 50.8 Å². The zero-order valence-electron chi connectivity index (χ0n) is 12.0. The highest BCUT2D eigenvalue weighted by molar-refractivity contribution is 5.20. The molecular weight excluding hydrogens is 240 g/mol. The van der Waals surface area contributed by atoms with E-state index in [2.05, 4.69) is 20.4 Å². The molecule has 0 spiro atoms. The number of hydrogen-bond donors (Lipinski definition) is 1. The fraction of sp³-hybridized carbons (Fsp3) is 0.500. The molecule has 1 aromatic rings. The molecular formula is C16H24O3. The van der Waals surface area contributed by atoms with Gasteiger partial charge < -0.3 is 14.6 Å². The van der Waals surface area contributed by atoms with E-state index in [4.69, 9.17) is 9.47 Å². The monoisotopic (exact) mass is 264 g/mol. The van der Waals surface area contributed by atoms with E-state index >= 15 is 0 Å². The Bertz CT molecular complexity index is 373. The number of rotatable bonds is 8. The zero-order valence-corrected chi connectivity index (χ0v) is 12.0. The van der Waals surface area contributed by atoms with Crippen molar-refractivity contribution >= 4 is 0 Å². The Balaban J connectivity index is 2.61. The summed E-state index contributed by atoms with van der Waals surface area (Å²) in [6.07, 6.45) is -0.143. The Kier molecular flexibility index (Phi) is 6.78. The largest absolute Gasteiger partial charge is 0.388 e. The van der Waals surface area contributed by atoms with Crippen LogP contribution in [0.2, 0.25) is 0 Å². The summed E-state index contributed by atoms with van der Waals surface area (Å²) in [4.78, 5) is 0. The molecule has 0 unspecified atom stereocenters. The highest BCUT2D eigenvalue weighted by Gasteiger charge is 2.20. The molecule has 0 heterocycles. The van der Waals surface area contributed by atoms with Crippen molar-refractivity contribution in [2.24, 2.45) is 5.92 Å². The molecule has 1 N–H and O–H groups in total. The second kappa shape index (κ2) is 8.10. The highest BCUT2D eigenvalue weighted by atomic mass is 16.7. The van der Waals surface area contributed by atoms with Gasteiger partial charge in [0.25, 0.3) is 0 Å². The molecule has 0 aliphatic heterocycles. The van der Waals surface area contributed by atoms with Crippen molar-refractivity contribution in [1.82, 2.24) is 0 Å². The SMILES string of the molecule is C=C(C[C@H](O)c1ccccc1)[C@H](OCOC)C(C)C. The summed E-state index contributed by atoms with van der Waals surface area (Å²) in [6.45, 7) is 8.43. The molecule has 0 saturated heterocycles. The maximum absolute atomic E-state index is 10.2. The van der Waals surface area contributed by atoms with Gasteiger partial charge in [0.05, 0.1) is 12.2 Å². The smallest absolute Gasteiger partial charge is 0.147 e. The van der Waals surface area contributed by atoms with Crippen molar-refractivity contribution in [3.63, 3.8) is 0 Å². The van der Waals surface area contributed by atoms with Crippen molar-refractivity contribution in [1.29, 1.82) is 0 Å². The molecule has 3 heteroatoms. The second-order valence-corrected chi connectivity index (χ2v) is 5.03. The first-order chi connectivity index (χ1) is 9.06. The standard InChI is InChI=1S/C16H24O3/c1-12(2)16(19-11-18-4)13(3)10-15(17)14-8-6-5-7-9-14/h5-9,12,15-17H,3,10-11H2,1-2,4H3/t15-,16+/m0/s1. The number of benzene rings is 1. The highest BCUT2D eigenvalue weighted by Crippen LogP contribution is 2.25. The van der Waals surface area contributed by atoms with Crippen LogP contribution in [0.1, 0.15) is 31.9 Å². The fourth-order valence-corrected chi connectivity index (χ4v) is 2.08. The van der Waals surface area contributed by atoms with E-state index < -0.39 is 6.10 Å². The molecule has 3 nitrogen and oxygen atoms in total. The predicted octanol–water partition coefficient (Wildman–Crippen LogP) is 3.31. The third-order valence-corrected chi connectivity index (χ3v) is 3.01. The third kappa shape index (κ3) is 5.15. The van der Waals surface area contributed by atoms with E-state index in [-0.39, 0.29) is 12.9 Å². The van der Waals surface area contributed by atoms with Gasteiger partial charge in [-0.05, 0) is 17.1 Å². The van der Waals surface area contributed by atoms with Crippen LogP contribution in [0.25, 0.3) is 0 Å². The van der Waals surface area contributed by atoms with Crippen molar-refractivity contribution < 1.29 is 14.6 Å². The first kappa shape index (κ1) is 15.9. The minimum atomic E-state index is -0.541. The van der Waals surface area contributed by atoms with Gasteiger partial charge in [0, 0.05) is 13.5 Å². The fourth-order valence-electron chi connectivity index (χ4n) is 2.08. The summed E-state index contributed by atoms with van der Waals surface area (Å²) in [5.74, 6) is 0.297. The van der Waals surface area contributed by atoms with Gasteiger partial charge in [-0.25, -0.2) is 0 Å². The van der Waals surface area contributed by atoms with Gasteiger partial charge in [-0.2, -0.15) is 0 Å². The Hall–Kier alpha value is -1.16. The van der Waals surface area contributed by atoms with Crippen molar-refractivity contribution in [3.05, 3.63) is 48.0 Å². The van der Waals surface area contributed by atoms with Crippen molar-refractivity contribution in [2.45, 2.75) is 32.5 Å². The molecule has 0 amide bonds. The van der Waals surface area contributed by atoms with E-state index in [1.54, 1.807) is 7.11 Å². The van der Waals surface area contributed by atoms with Crippen molar-refractivity contribution in [2.75, 3.05) is 13.9 Å². The first-order valence-corrected chi connectivity index (χ1v) is 6.57. The Morgan fingerprint density at radius 1 is 1.26 bits per heavy atom. The lowest BCUT2D eigenvalue weighted by Crippen LogP contribution is -2.24. The Morgan fingerprint density at radius 3 is 2.42 bits per heavy atom. The topological polar surface area (TPSA) is 38.7 Å². The number of aliphatic hydroxyl groups is 1. The summed E-state index contributed by atoms with van der Waals surface area (Å²) in [5, 5.41) is 10.2. The van der Waals surface area contributed by atoms with E-state index in [0.717, 1.165) is 11.1 Å². The normalized spacial score (nSPS) is 14.4. The predicted molar refractivity (Wildman–Crippen MR) is 76.7 cm³/mol. The summed E-state index contributed by atoms with van der Waals surface area (Å²) < 4.78 is 10.6. The molecule has 0 saturated carbocycles. The Morgan fingerprint density at radius 2 is 1.89 bits per heavy atom. The van der Waals surface area contributed by atoms with Gasteiger partial charge in [-0.15, -0.1) is 0 Å². The summed E-state index contributed by atoms with van der Waals surface area (Å²) in [6, 6.07) is 9.60. The lowest BCUT2D eigenvalue weighted by molar-refractivity contribution is -0.0746. The van der Waals surface area contributed by atoms with Crippen LogP contribution in [-0.4, -0.2) is 25.1 Å². The van der Waals surface area contributed by atoms with Crippen molar-refractivity contribution in [3.8, 4) is 0 Å². The van der Waals surface area contributed by atoms with Gasteiger partial charge in [0.15, 0.2) is 0 Å². The molecule has 0 aromatic heterocycles. The summed E-state index contributed by atoms with van der Waals surface area (Å²) in [7, 11) is 1.60. The van der Waals surface area contributed by atoms with E-state index in [0.29, 0.717) is 12.3 Å². The molecule has 0 fully saturated rings. The van der Waals surface area contributed by atoms with Crippen LogP contribution in [0, 0.1) is 5.92 Å². The van der Waals surface area contributed by atoms with Crippen LogP contribution < -0.4 is 0 Å². The van der Waals surface area contributed by atoms with E-state index in [9.17, 15) is 5.11 Å². The lowest BCUT2D eigenvalue weighted by atomic mass is 9.93. The van der Waals surface area contributed by atoms with Gasteiger partial charge in [0.2, 0.25) is 0 Å². The average molecular weight is 264 g/mol. The molecule has 19 heavy (non-hydrogen) atoms. The number of aliphatic hydroxyl groups excluding tert-OH is 1. The molecule has 0 aliphatic rings. The molecule has 106 valence electrons. The van der Waals surface area contributed by atoms with E-state index in [1.165, 1.54) is 0 Å². The van der Waals surface area contributed by atoms with E-state index in [1.807, 2.05) is 30.3 Å². The first-order valence-electron chi connectivity index (χ1n) is 6.57. The van der Waals surface area contributed by atoms with Crippen LogP contribution in [-0.2, 0) is 9.47 Å². The van der Waals surface area contributed by atoms with Gasteiger partial charge in [-0.3, -0.25) is 0 Å². The van der Waals surface area contributed by atoms with Crippen LogP contribution >= 0.6 is 0 Å². The lowest BCUT2D eigenvalue weighted by Gasteiger charge is -2.25. The molecule has 2 atom stereocenters. The minimum absolute atomic E-state index is 0.0988. The molecule has 0 bridgehead atoms. The third-order valence-electron chi connectivity index (χ3n) is 3.01. The number of methoxy groups -OCH3 is 1. The summed E-state index contributed by atoms with van der Waals surface area (Å²) >= 11 is 0. The maximum atomic E-state index is 10.2. The zero-order chi connectivity index (χ0) is 14.3. The average Bonchev–Trinajstić information content (AvgIpc) is 2.39. The Labute approximate surface area is 115 Å². The van der Waals surface area contributed by atoms with Gasteiger partial charge in [0.1, 0.15) is 6.79 Å². The van der Waals surface area contributed by atoms with Crippen LogP contribution in [0.4, 0.5) is 0 Å². The number of hydrogen-bond acceptors (Lipinski definition) is 3. The molecule has 1 aromatic carbocycles. The molecule has 0 aliphatic carbocycles.